The second-order valence-corrected chi connectivity index (χ2v) is 2.01. The van der Waals surface area contributed by atoms with Gasteiger partial charge in [0.15, 0.2) is 5.16 Å². The summed E-state index contributed by atoms with van der Waals surface area (Å²) in [4.78, 5) is 7.90. The molecule has 0 unspecified atom stereocenters. The van der Waals surface area contributed by atoms with Gasteiger partial charge < -0.3 is 0 Å². The van der Waals surface area contributed by atoms with Gasteiger partial charge in [-0.1, -0.05) is 11.8 Å². The summed E-state index contributed by atoms with van der Waals surface area (Å²) < 4.78 is 0. The molecule has 0 amide bonds. The zero-order valence-electron chi connectivity index (χ0n) is 4.94. The molecule has 1 aromatic rings. The quantitative estimate of drug-likeness (QED) is 0.464. The molecule has 0 fully saturated rings. The minimum absolute atomic E-state index is 0. The van der Waals surface area contributed by atoms with Crippen molar-refractivity contribution in [3.63, 3.8) is 0 Å². The molecule has 0 aliphatic rings. The van der Waals surface area contributed by atoms with E-state index in [1.165, 1.54) is 0 Å². The molecule has 0 aliphatic carbocycles. The summed E-state index contributed by atoms with van der Waals surface area (Å²) >= 11 is 1.55. The van der Waals surface area contributed by atoms with Crippen LogP contribution >= 0.6 is 24.2 Å². The average Bonchev–Trinajstić information content (AvgIpc) is 1.90. The van der Waals surface area contributed by atoms with Crippen molar-refractivity contribution in [3.8, 4) is 0 Å². The summed E-state index contributed by atoms with van der Waals surface area (Å²) in [5, 5.41) is 0.826. The first-order chi connectivity index (χ1) is 3.93. The molecule has 0 aliphatic heterocycles. The van der Waals surface area contributed by atoms with Gasteiger partial charge in [0.2, 0.25) is 0 Å². The average molecular weight is 163 g/mol. The lowest BCUT2D eigenvalue weighted by molar-refractivity contribution is 0.970. The highest BCUT2D eigenvalue weighted by molar-refractivity contribution is 7.98. The minimum Gasteiger partial charge on any atom is -0.231 e. The maximum atomic E-state index is 3.95. The molecule has 1 aromatic heterocycles. The standard InChI is InChI=1S/C5H6N2S.ClH/c1-8-5-6-3-2-4-7-5;/h2-4H,1H3;1H. The molecule has 0 atom stereocenters. The zero-order valence-corrected chi connectivity index (χ0v) is 6.58. The van der Waals surface area contributed by atoms with Crippen molar-refractivity contribution in [3.05, 3.63) is 18.5 Å². The Morgan fingerprint density at radius 2 is 1.89 bits per heavy atom. The Morgan fingerprint density at radius 3 is 2.22 bits per heavy atom. The molecule has 0 radical (unpaired) electrons. The van der Waals surface area contributed by atoms with Crippen LogP contribution in [-0.4, -0.2) is 16.2 Å². The van der Waals surface area contributed by atoms with Crippen molar-refractivity contribution in [2.75, 3.05) is 6.26 Å². The zero-order chi connectivity index (χ0) is 5.82. The lowest BCUT2D eigenvalue weighted by Crippen LogP contribution is -1.79. The van der Waals surface area contributed by atoms with Gasteiger partial charge in [0.1, 0.15) is 0 Å². The lowest BCUT2D eigenvalue weighted by atomic mass is 10.7. The Labute approximate surface area is 64.5 Å². The maximum Gasteiger partial charge on any atom is 0.187 e. The van der Waals surface area contributed by atoms with Crippen molar-refractivity contribution in [1.29, 1.82) is 0 Å². The fourth-order valence-corrected chi connectivity index (χ4v) is 0.723. The van der Waals surface area contributed by atoms with E-state index in [-0.39, 0.29) is 12.4 Å². The van der Waals surface area contributed by atoms with Gasteiger partial charge in [-0.15, -0.1) is 12.4 Å². The number of hydrogen-bond acceptors (Lipinski definition) is 3. The van der Waals surface area contributed by atoms with E-state index in [1.807, 2.05) is 6.26 Å². The molecule has 4 heteroatoms. The summed E-state index contributed by atoms with van der Waals surface area (Å²) in [6.07, 6.45) is 5.42. The summed E-state index contributed by atoms with van der Waals surface area (Å²) in [6.45, 7) is 0. The molecule has 9 heavy (non-hydrogen) atoms. The lowest BCUT2D eigenvalue weighted by Gasteiger charge is -1.87. The number of aromatic nitrogens is 2. The van der Waals surface area contributed by atoms with Crippen LogP contribution < -0.4 is 0 Å². The van der Waals surface area contributed by atoms with Crippen LogP contribution in [0, 0.1) is 0 Å². The van der Waals surface area contributed by atoms with Gasteiger partial charge in [0.25, 0.3) is 0 Å². The maximum absolute atomic E-state index is 3.95. The monoisotopic (exact) mass is 162 g/mol. The van der Waals surface area contributed by atoms with E-state index in [1.54, 1.807) is 30.2 Å². The second kappa shape index (κ2) is 4.58. The van der Waals surface area contributed by atoms with Crippen molar-refractivity contribution in [2.45, 2.75) is 5.16 Å². The van der Waals surface area contributed by atoms with Crippen molar-refractivity contribution >= 4 is 24.2 Å². The first kappa shape index (κ1) is 8.72. The summed E-state index contributed by atoms with van der Waals surface area (Å²) in [5.74, 6) is 0. The third-order valence-corrected chi connectivity index (χ3v) is 1.30. The van der Waals surface area contributed by atoms with Crippen LogP contribution in [0.25, 0.3) is 0 Å². The van der Waals surface area contributed by atoms with Gasteiger partial charge in [0, 0.05) is 12.4 Å². The summed E-state index contributed by atoms with van der Waals surface area (Å²) in [7, 11) is 0. The predicted molar refractivity (Wildman–Crippen MR) is 41.1 cm³/mol. The van der Waals surface area contributed by atoms with Crippen LogP contribution in [0.1, 0.15) is 0 Å². The number of nitrogens with zero attached hydrogens (tertiary/aromatic N) is 2. The Bertz CT molecular complexity index is 156. The van der Waals surface area contributed by atoms with Gasteiger partial charge in [0.05, 0.1) is 0 Å². The Hall–Kier alpha value is -0.280. The van der Waals surface area contributed by atoms with Gasteiger partial charge in [-0.25, -0.2) is 9.97 Å². The molecule has 50 valence electrons. The highest BCUT2D eigenvalue weighted by Gasteiger charge is 1.84. The largest absolute Gasteiger partial charge is 0.231 e. The first-order valence-electron chi connectivity index (χ1n) is 2.24. The third kappa shape index (κ3) is 2.67. The summed E-state index contributed by atoms with van der Waals surface area (Å²) in [5.41, 5.74) is 0. The molecule has 0 bridgehead atoms. The molecule has 0 N–H and O–H groups in total. The van der Waals surface area contributed by atoms with Crippen LogP contribution in [0.2, 0.25) is 0 Å². The van der Waals surface area contributed by atoms with E-state index in [9.17, 15) is 0 Å². The van der Waals surface area contributed by atoms with Gasteiger partial charge in [-0.05, 0) is 12.3 Å². The predicted octanol–water partition coefficient (Wildman–Crippen LogP) is 1.62. The fourth-order valence-electron chi connectivity index (χ4n) is 0.391. The van der Waals surface area contributed by atoms with Crippen LogP contribution in [0.5, 0.6) is 0 Å². The van der Waals surface area contributed by atoms with E-state index in [2.05, 4.69) is 9.97 Å². The van der Waals surface area contributed by atoms with E-state index < -0.39 is 0 Å². The highest BCUT2D eigenvalue weighted by Crippen LogP contribution is 2.03. The number of rotatable bonds is 1. The fraction of sp³-hybridized carbons (Fsp3) is 0.200. The van der Waals surface area contributed by atoms with E-state index >= 15 is 0 Å². The van der Waals surface area contributed by atoms with Crippen LogP contribution in [0.4, 0.5) is 0 Å². The molecular weight excluding hydrogens is 156 g/mol. The SMILES string of the molecule is CSc1ncccn1.Cl. The molecule has 2 nitrogen and oxygen atoms in total. The number of hydrogen-bond donors (Lipinski definition) is 0. The van der Waals surface area contributed by atoms with Gasteiger partial charge in [-0.3, -0.25) is 0 Å². The Balaban J connectivity index is 0.000000640. The molecule has 1 rings (SSSR count). The normalized spacial score (nSPS) is 8.11. The van der Waals surface area contributed by atoms with Crippen molar-refractivity contribution < 1.29 is 0 Å². The van der Waals surface area contributed by atoms with Crippen molar-refractivity contribution in [2.24, 2.45) is 0 Å². The van der Waals surface area contributed by atoms with Crippen molar-refractivity contribution in [1.82, 2.24) is 9.97 Å². The Morgan fingerprint density at radius 1 is 1.33 bits per heavy atom. The van der Waals surface area contributed by atoms with Gasteiger partial charge >= 0.3 is 0 Å². The minimum atomic E-state index is 0. The molecule has 0 saturated carbocycles. The van der Waals surface area contributed by atoms with E-state index in [0.29, 0.717) is 0 Å². The first-order valence-corrected chi connectivity index (χ1v) is 3.47. The highest BCUT2D eigenvalue weighted by atomic mass is 35.5. The molecular formula is C5H7ClN2S. The molecule has 0 saturated heterocycles. The number of halogens is 1. The number of thioether (sulfide) groups is 1. The van der Waals surface area contributed by atoms with Crippen LogP contribution in [-0.2, 0) is 0 Å². The van der Waals surface area contributed by atoms with Crippen LogP contribution in [0.3, 0.4) is 0 Å². The third-order valence-electron chi connectivity index (χ3n) is 0.725. The second-order valence-electron chi connectivity index (χ2n) is 1.24. The van der Waals surface area contributed by atoms with E-state index in [4.69, 9.17) is 0 Å². The molecule has 1 heterocycles. The molecule has 0 spiro atoms. The topological polar surface area (TPSA) is 25.8 Å². The summed E-state index contributed by atoms with van der Waals surface area (Å²) in [6, 6.07) is 1.81. The van der Waals surface area contributed by atoms with Gasteiger partial charge in [-0.2, -0.15) is 0 Å². The molecule has 0 aromatic carbocycles. The smallest absolute Gasteiger partial charge is 0.187 e. The Kier molecular flexibility index (Phi) is 4.44. The van der Waals surface area contributed by atoms with Crippen LogP contribution in [0.15, 0.2) is 23.6 Å². The van der Waals surface area contributed by atoms with E-state index in [0.717, 1.165) is 5.16 Å².